The lowest BCUT2D eigenvalue weighted by Crippen LogP contribution is -2.33. The summed E-state index contributed by atoms with van der Waals surface area (Å²) in [5, 5.41) is 8.19. The van der Waals surface area contributed by atoms with Gasteiger partial charge in [0.2, 0.25) is 5.88 Å². The third kappa shape index (κ3) is 4.66. The zero-order chi connectivity index (χ0) is 25.6. The first kappa shape index (κ1) is 23.5. The van der Waals surface area contributed by atoms with Crippen molar-refractivity contribution in [1.29, 1.82) is 0 Å². The topological polar surface area (TPSA) is 84.1 Å². The van der Waals surface area contributed by atoms with Crippen LogP contribution in [0.25, 0.3) is 38.8 Å². The second kappa shape index (κ2) is 8.78. The van der Waals surface area contributed by atoms with E-state index in [0.29, 0.717) is 16.8 Å². The summed E-state index contributed by atoms with van der Waals surface area (Å²) >= 11 is 0. The van der Waals surface area contributed by atoms with Gasteiger partial charge in [0.1, 0.15) is 32.5 Å². The van der Waals surface area contributed by atoms with Crippen molar-refractivity contribution in [3.05, 3.63) is 71.1 Å². The normalized spacial score (nSPS) is 11.9. The van der Waals surface area contributed by atoms with Crippen LogP contribution in [0.4, 0.5) is 8.78 Å². The minimum atomic E-state index is -2.97. The lowest BCUT2D eigenvalue weighted by Gasteiger charge is -2.22. The average molecular weight is 483 g/mol. The first-order valence-electron chi connectivity index (χ1n) is 10.8. The van der Waals surface area contributed by atoms with Crippen molar-refractivity contribution in [2.24, 2.45) is 7.05 Å². The summed E-state index contributed by atoms with van der Waals surface area (Å²) in [4.78, 5) is 18.2. The van der Waals surface area contributed by atoms with Crippen molar-refractivity contribution >= 4 is 37.6 Å². The molecule has 0 bridgehead atoms. The standard InChI is InChI=1S/C24H17B2F2N5O3/c1-24(25,26)36-19-10-9-18-21(29-19)20(13-3-6-16(7-4-13)35-23(27)28)22(34)33(31-18)15-5-8-17-14(11-15)12-32(2)30-17/h3-12,23H,1-2H3. The smallest absolute Gasteiger partial charge is 0.387 e. The number of halogens is 2. The van der Waals surface area contributed by atoms with Crippen LogP contribution in [0.3, 0.4) is 0 Å². The van der Waals surface area contributed by atoms with Gasteiger partial charge in [-0.3, -0.25) is 9.48 Å². The number of benzene rings is 2. The van der Waals surface area contributed by atoms with E-state index in [0.717, 1.165) is 10.9 Å². The zero-order valence-corrected chi connectivity index (χ0v) is 19.2. The van der Waals surface area contributed by atoms with E-state index in [2.05, 4.69) is 19.9 Å². The van der Waals surface area contributed by atoms with Crippen LogP contribution in [-0.4, -0.2) is 52.2 Å². The minimum absolute atomic E-state index is 0.0477. The Kier molecular flexibility index (Phi) is 5.74. The Hall–Kier alpha value is -4.21. The lowest BCUT2D eigenvalue weighted by molar-refractivity contribution is -0.0498. The van der Waals surface area contributed by atoms with Gasteiger partial charge in [0.25, 0.3) is 5.56 Å². The molecule has 0 aliphatic heterocycles. The van der Waals surface area contributed by atoms with E-state index >= 15 is 0 Å². The molecule has 8 nitrogen and oxygen atoms in total. The Bertz CT molecular complexity index is 1650. The van der Waals surface area contributed by atoms with Gasteiger partial charge in [-0.25, -0.2) is 4.98 Å². The van der Waals surface area contributed by atoms with Gasteiger partial charge in [0.05, 0.1) is 16.8 Å². The first-order chi connectivity index (χ1) is 17.1. The molecule has 0 aliphatic rings. The highest BCUT2D eigenvalue weighted by Gasteiger charge is 2.19. The third-order valence-electron chi connectivity index (χ3n) is 5.24. The van der Waals surface area contributed by atoms with Crippen molar-refractivity contribution < 1.29 is 18.3 Å². The molecule has 0 unspecified atom stereocenters. The molecular formula is C24H17B2F2N5O3. The highest BCUT2D eigenvalue weighted by molar-refractivity contribution is 6.38. The predicted octanol–water partition coefficient (Wildman–Crippen LogP) is 3.33. The number of aromatic nitrogens is 5. The van der Waals surface area contributed by atoms with Crippen molar-refractivity contribution in [3.8, 4) is 28.4 Å². The zero-order valence-electron chi connectivity index (χ0n) is 19.2. The van der Waals surface area contributed by atoms with Crippen molar-refractivity contribution in [2.75, 3.05) is 0 Å². The molecule has 12 heteroatoms. The van der Waals surface area contributed by atoms with Gasteiger partial charge in [-0.15, -0.1) is 0 Å². The van der Waals surface area contributed by atoms with Crippen LogP contribution in [0, 0.1) is 0 Å². The number of hydrogen-bond donors (Lipinski definition) is 0. The van der Waals surface area contributed by atoms with Crippen LogP contribution in [0.2, 0.25) is 0 Å². The Morgan fingerprint density at radius 2 is 1.72 bits per heavy atom. The molecule has 0 spiro atoms. The second-order valence-corrected chi connectivity index (χ2v) is 8.34. The monoisotopic (exact) mass is 483 g/mol. The molecule has 0 aliphatic carbocycles. The Labute approximate surface area is 206 Å². The Morgan fingerprint density at radius 3 is 2.42 bits per heavy atom. The summed E-state index contributed by atoms with van der Waals surface area (Å²) in [6, 6.07) is 14.2. The van der Waals surface area contributed by atoms with Gasteiger partial charge in [0, 0.05) is 30.1 Å². The quantitative estimate of drug-likeness (QED) is 0.345. The van der Waals surface area contributed by atoms with Gasteiger partial charge in [-0.05, 0) is 48.9 Å². The maximum Gasteiger partial charge on any atom is 0.387 e. The number of rotatable bonds is 6. The van der Waals surface area contributed by atoms with Crippen molar-refractivity contribution in [1.82, 2.24) is 24.5 Å². The van der Waals surface area contributed by atoms with E-state index < -0.39 is 17.6 Å². The van der Waals surface area contributed by atoms with E-state index in [9.17, 15) is 13.6 Å². The number of fused-ring (bicyclic) bond motifs is 2. The predicted molar refractivity (Wildman–Crippen MR) is 132 cm³/mol. The molecule has 176 valence electrons. The molecule has 0 saturated carbocycles. The molecule has 5 rings (SSSR count). The Balaban J connectivity index is 1.73. The number of pyridine rings is 1. The van der Waals surface area contributed by atoms with E-state index in [1.807, 2.05) is 6.20 Å². The minimum Gasteiger partial charge on any atom is -0.492 e. The molecule has 0 fully saturated rings. The number of ether oxygens (including phenoxy) is 2. The highest BCUT2D eigenvalue weighted by atomic mass is 19.3. The van der Waals surface area contributed by atoms with Crippen LogP contribution in [0.5, 0.6) is 11.6 Å². The summed E-state index contributed by atoms with van der Waals surface area (Å²) in [5.41, 5.74) is 1.99. The molecular weight excluding hydrogens is 466 g/mol. The molecule has 2 aromatic carbocycles. The number of aryl methyl sites for hydroxylation is 1. The van der Waals surface area contributed by atoms with Gasteiger partial charge in [0.15, 0.2) is 0 Å². The van der Waals surface area contributed by atoms with Crippen LogP contribution in [0.1, 0.15) is 6.92 Å². The summed E-state index contributed by atoms with van der Waals surface area (Å²) in [6.45, 7) is -1.52. The average Bonchev–Trinajstić information content (AvgIpc) is 3.17. The second-order valence-electron chi connectivity index (χ2n) is 8.34. The van der Waals surface area contributed by atoms with Gasteiger partial charge in [-0.2, -0.15) is 23.7 Å². The highest BCUT2D eigenvalue weighted by Crippen LogP contribution is 2.28. The van der Waals surface area contributed by atoms with Crippen molar-refractivity contribution in [3.63, 3.8) is 0 Å². The van der Waals surface area contributed by atoms with Gasteiger partial charge in [-0.1, -0.05) is 12.1 Å². The van der Waals surface area contributed by atoms with Gasteiger partial charge < -0.3 is 9.47 Å². The molecule has 3 heterocycles. The van der Waals surface area contributed by atoms with Crippen LogP contribution < -0.4 is 15.0 Å². The molecule has 4 radical (unpaired) electrons. The maximum absolute atomic E-state index is 13.8. The molecule has 0 atom stereocenters. The molecule has 5 aromatic rings. The summed E-state index contributed by atoms with van der Waals surface area (Å²) in [5.74, 6) is 0.0399. The molecule has 0 saturated heterocycles. The molecule has 3 aromatic heterocycles. The molecule has 0 amide bonds. The molecule has 36 heavy (non-hydrogen) atoms. The van der Waals surface area contributed by atoms with Crippen LogP contribution in [-0.2, 0) is 7.05 Å². The maximum atomic E-state index is 13.8. The number of nitrogens with zero attached hydrogens (tertiary/aromatic N) is 5. The fraction of sp³-hybridized carbons (Fsp3) is 0.167. The SMILES string of the molecule is [B]C([B])(C)Oc1ccc2nn(-c3ccc4nn(C)cc4c3)c(=O)c(-c3ccc(OC(F)F)cc3)c2n1. The fourth-order valence-electron chi connectivity index (χ4n) is 3.85. The van der Waals surface area contributed by atoms with E-state index in [4.69, 9.17) is 20.4 Å². The first-order valence-corrected chi connectivity index (χ1v) is 10.8. The van der Waals surface area contributed by atoms with E-state index in [-0.39, 0.29) is 22.7 Å². The van der Waals surface area contributed by atoms with E-state index in [1.54, 1.807) is 36.0 Å². The summed E-state index contributed by atoms with van der Waals surface area (Å²) in [6.07, 6.45) is 1.83. The largest absolute Gasteiger partial charge is 0.492 e. The van der Waals surface area contributed by atoms with Crippen LogP contribution >= 0.6 is 0 Å². The van der Waals surface area contributed by atoms with E-state index in [1.165, 1.54) is 41.9 Å². The van der Waals surface area contributed by atoms with Gasteiger partial charge >= 0.3 is 6.61 Å². The fourth-order valence-corrected chi connectivity index (χ4v) is 3.85. The van der Waals surface area contributed by atoms with Crippen LogP contribution in [0.15, 0.2) is 65.6 Å². The number of alkyl halides is 2. The Morgan fingerprint density at radius 1 is 1.00 bits per heavy atom. The summed E-state index contributed by atoms with van der Waals surface area (Å²) < 4.78 is 38.1. The molecule has 0 N–H and O–H groups in total. The number of hydrogen-bond acceptors (Lipinski definition) is 6. The summed E-state index contributed by atoms with van der Waals surface area (Å²) in [7, 11) is 13.3. The lowest BCUT2D eigenvalue weighted by atomic mass is 9.67. The van der Waals surface area contributed by atoms with Crippen molar-refractivity contribution in [2.45, 2.75) is 18.9 Å². The third-order valence-corrected chi connectivity index (χ3v) is 5.24.